The fourth-order valence-electron chi connectivity index (χ4n) is 2.16. The second-order valence-corrected chi connectivity index (χ2v) is 7.16. The summed E-state index contributed by atoms with van der Waals surface area (Å²) in [5, 5.41) is 11.8. The van der Waals surface area contributed by atoms with Crippen molar-refractivity contribution < 1.29 is 18.7 Å². The van der Waals surface area contributed by atoms with Gasteiger partial charge in [-0.1, -0.05) is 0 Å². The second-order valence-electron chi connectivity index (χ2n) is 7.16. The van der Waals surface area contributed by atoms with Crippen LogP contribution in [0.4, 0.5) is 4.79 Å². The Hall–Kier alpha value is -2.71. The third-order valence-electron chi connectivity index (χ3n) is 3.39. The number of nitrogens with zero attached hydrogens (tertiary/aromatic N) is 1. The molecule has 0 spiro atoms. The Morgan fingerprint density at radius 3 is 2.43 bits per heavy atom. The van der Waals surface area contributed by atoms with Crippen LogP contribution in [-0.4, -0.2) is 56.3 Å². The van der Waals surface area contributed by atoms with Gasteiger partial charge in [0.05, 0.1) is 6.26 Å². The molecule has 0 radical (unpaired) electrons. The van der Waals surface area contributed by atoms with E-state index in [1.807, 2.05) is 34.6 Å². The van der Waals surface area contributed by atoms with E-state index in [-0.39, 0.29) is 5.91 Å². The van der Waals surface area contributed by atoms with Crippen LogP contribution in [0.2, 0.25) is 0 Å². The van der Waals surface area contributed by atoms with Crippen molar-refractivity contribution >= 4 is 18.0 Å². The van der Waals surface area contributed by atoms with Crippen molar-refractivity contribution in [1.82, 2.24) is 21.3 Å². The lowest BCUT2D eigenvalue weighted by Gasteiger charge is -2.19. The molecule has 0 aliphatic rings. The molecular formula is C19H33N5O4. The maximum Gasteiger partial charge on any atom is 0.407 e. The predicted molar refractivity (Wildman–Crippen MR) is 109 cm³/mol. The first-order valence-corrected chi connectivity index (χ1v) is 9.54. The lowest BCUT2D eigenvalue weighted by atomic mass is 10.2. The summed E-state index contributed by atoms with van der Waals surface area (Å²) in [6, 6.07) is 1.76. The molecule has 9 nitrogen and oxygen atoms in total. The number of alkyl carbamates (subject to hydrolysis) is 1. The lowest BCUT2D eigenvalue weighted by Crippen LogP contribution is -2.42. The minimum atomic E-state index is -0.515. The summed E-state index contributed by atoms with van der Waals surface area (Å²) >= 11 is 0. The summed E-state index contributed by atoms with van der Waals surface area (Å²) in [6.07, 6.45) is 1.75. The maximum absolute atomic E-state index is 11.9. The number of hydrogen-bond donors (Lipinski definition) is 4. The topological polar surface area (TPSA) is 117 Å². The molecule has 0 aromatic carbocycles. The van der Waals surface area contributed by atoms with Gasteiger partial charge in [0.1, 0.15) is 5.60 Å². The molecule has 0 aliphatic carbocycles. The van der Waals surface area contributed by atoms with Crippen LogP contribution in [-0.2, 0) is 4.74 Å². The summed E-state index contributed by atoms with van der Waals surface area (Å²) < 4.78 is 10.3. The Bertz CT molecular complexity index is 649. The Labute approximate surface area is 166 Å². The number of aliphatic imine (C=N–C) groups is 1. The smallest absolute Gasteiger partial charge is 0.407 e. The average molecular weight is 396 g/mol. The van der Waals surface area contributed by atoms with E-state index in [2.05, 4.69) is 26.3 Å². The highest BCUT2D eigenvalue weighted by atomic mass is 16.6. The third-order valence-corrected chi connectivity index (χ3v) is 3.39. The molecule has 0 saturated carbocycles. The molecule has 4 N–H and O–H groups in total. The summed E-state index contributed by atoms with van der Waals surface area (Å²) in [4.78, 5) is 28.0. The molecule has 158 valence electrons. The first-order chi connectivity index (χ1) is 13.2. The lowest BCUT2D eigenvalue weighted by molar-refractivity contribution is 0.0528. The minimum absolute atomic E-state index is 0.218. The van der Waals surface area contributed by atoms with Gasteiger partial charge in [0.15, 0.2) is 11.7 Å². The number of aryl methyl sites for hydroxylation is 1. The van der Waals surface area contributed by atoms with Crippen molar-refractivity contribution in [1.29, 1.82) is 0 Å². The van der Waals surface area contributed by atoms with Gasteiger partial charge in [0.25, 0.3) is 5.91 Å². The zero-order valence-corrected chi connectivity index (χ0v) is 17.5. The van der Waals surface area contributed by atoms with E-state index in [1.165, 1.54) is 6.26 Å². The van der Waals surface area contributed by atoms with Crippen LogP contribution in [0.3, 0.4) is 0 Å². The third kappa shape index (κ3) is 9.84. The van der Waals surface area contributed by atoms with Gasteiger partial charge in [-0.2, -0.15) is 0 Å². The van der Waals surface area contributed by atoms with Gasteiger partial charge in [0, 0.05) is 38.3 Å². The number of ether oxygens (including phenoxy) is 1. The van der Waals surface area contributed by atoms with Crippen molar-refractivity contribution in [2.75, 3.05) is 32.7 Å². The molecule has 0 atom stereocenters. The summed E-state index contributed by atoms with van der Waals surface area (Å²) in [5.41, 5.74) is 0.299. The normalized spacial score (nSPS) is 11.7. The van der Waals surface area contributed by atoms with Crippen LogP contribution in [0.25, 0.3) is 0 Å². The van der Waals surface area contributed by atoms with Crippen LogP contribution in [0, 0.1) is 6.92 Å². The average Bonchev–Trinajstić information content (AvgIpc) is 3.02. The SMILES string of the molecule is CCNC(=NCCCNC(=O)c1occc1C)NCCNC(=O)OC(C)(C)C. The van der Waals surface area contributed by atoms with Crippen molar-refractivity contribution in [2.24, 2.45) is 4.99 Å². The monoisotopic (exact) mass is 395 g/mol. The Morgan fingerprint density at radius 2 is 1.82 bits per heavy atom. The quantitative estimate of drug-likeness (QED) is 0.288. The molecule has 9 heteroatoms. The highest BCUT2D eigenvalue weighted by Gasteiger charge is 2.15. The van der Waals surface area contributed by atoms with E-state index in [4.69, 9.17) is 9.15 Å². The maximum atomic E-state index is 11.9. The largest absolute Gasteiger partial charge is 0.459 e. The van der Waals surface area contributed by atoms with Gasteiger partial charge in [-0.25, -0.2) is 4.79 Å². The van der Waals surface area contributed by atoms with Crippen LogP contribution >= 0.6 is 0 Å². The molecule has 0 unspecified atom stereocenters. The zero-order chi connectivity index (χ0) is 21.0. The van der Waals surface area contributed by atoms with E-state index < -0.39 is 11.7 Å². The summed E-state index contributed by atoms with van der Waals surface area (Å²) in [7, 11) is 0. The number of hydrogen-bond acceptors (Lipinski definition) is 5. The van der Waals surface area contributed by atoms with E-state index in [9.17, 15) is 9.59 Å². The molecule has 1 aromatic rings. The van der Waals surface area contributed by atoms with Gasteiger partial charge in [-0.3, -0.25) is 9.79 Å². The first kappa shape index (κ1) is 23.3. The number of carbonyl (C=O) groups excluding carboxylic acids is 2. The second kappa shape index (κ2) is 11.9. The molecular weight excluding hydrogens is 362 g/mol. The minimum Gasteiger partial charge on any atom is -0.459 e. The van der Waals surface area contributed by atoms with Crippen LogP contribution in [0.1, 0.15) is 50.2 Å². The summed E-state index contributed by atoms with van der Waals surface area (Å²) in [6.45, 7) is 12.0. The van der Waals surface area contributed by atoms with Crippen molar-refractivity contribution in [3.05, 3.63) is 23.7 Å². The van der Waals surface area contributed by atoms with Crippen LogP contribution in [0.15, 0.2) is 21.7 Å². The Morgan fingerprint density at radius 1 is 1.11 bits per heavy atom. The molecule has 1 heterocycles. The molecule has 0 bridgehead atoms. The fraction of sp³-hybridized carbons (Fsp3) is 0.632. The highest BCUT2D eigenvalue weighted by Crippen LogP contribution is 2.08. The van der Waals surface area contributed by atoms with Gasteiger partial charge in [0.2, 0.25) is 0 Å². The number of rotatable bonds is 9. The standard InChI is InChI=1S/C19H33N5O4/c1-6-20-17(23-11-12-24-18(26)28-19(3,4)5)22-10-7-9-21-16(25)15-14(2)8-13-27-15/h8,13H,6-7,9-12H2,1-5H3,(H,21,25)(H,24,26)(H2,20,22,23). The molecule has 0 saturated heterocycles. The zero-order valence-electron chi connectivity index (χ0n) is 17.5. The molecule has 0 fully saturated rings. The van der Waals surface area contributed by atoms with Crippen LogP contribution < -0.4 is 21.3 Å². The van der Waals surface area contributed by atoms with Gasteiger partial charge < -0.3 is 30.4 Å². The predicted octanol–water partition coefficient (Wildman–Crippen LogP) is 1.79. The van der Waals surface area contributed by atoms with Gasteiger partial charge in [-0.15, -0.1) is 0 Å². The molecule has 0 aliphatic heterocycles. The van der Waals surface area contributed by atoms with E-state index in [0.29, 0.717) is 44.3 Å². The van der Waals surface area contributed by atoms with E-state index in [1.54, 1.807) is 6.07 Å². The number of guanidine groups is 1. The molecule has 2 amide bonds. The summed E-state index contributed by atoms with van der Waals surface area (Å²) in [5.74, 6) is 0.780. The highest BCUT2D eigenvalue weighted by molar-refractivity contribution is 5.92. The first-order valence-electron chi connectivity index (χ1n) is 9.54. The number of carbonyl (C=O) groups is 2. The number of furan rings is 1. The van der Waals surface area contributed by atoms with Gasteiger partial charge in [-0.05, 0) is 47.1 Å². The van der Waals surface area contributed by atoms with Crippen molar-refractivity contribution in [3.63, 3.8) is 0 Å². The van der Waals surface area contributed by atoms with E-state index >= 15 is 0 Å². The fourth-order valence-corrected chi connectivity index (χ4v) is 2.16. The molecule has 28 heavy (non-hydrogen) atoms. The number of amides is 2. The number of nitrogens with one attached hydrogen (secondary N) is 4. The van der Waals surface area contributed by atoms with Crippen molar-refractivity contribution in [2.45, 2.75) is 46.6 Å². The molecule has 1 aromatic heterocycles. The Kier molecular flexibility index (Phi) is 9.91. The Balaban J connectivity index is 2.25. The molecule has 1 rings (SSSR count). The van der Waals surface area contributed by atoms with Gasteiger partial charge >= 0.3 is 6.09 Å². The van der Waals surface area contributed by atoms with Crippen molar-refractivity contribution in [3.8, 4) is 0 Å². The van der Waals surface area contributed by atoms with Crippen LogP contribution in [0.5, 0.6) is 0 Å². The van der Waals surface area contributed by atoms with E-state index in [0.717, 1.165) is 12.1 Å².